The van der Waals surface area contributed by atoms with Crippen LogP contribution in [0.3, 0.4) is 0 Å². The number of amides is 1. The number of aliphatic hydroxyl groups is 1. The van der Waals surface area contributed by atoms with Crippen molar-refractivity contribution in [3.05, 3.63) is 34.9 Å². The quantitative estimate of drug-likeness (QED) is 0.848. The molecule has 0 fully saturated rings. The first-order valence-corrected chi connectivity index (χ1v) is 8.98. The van der Waals surface area contributed by atoms with Crippen molar-refractivity contribution in [2.75, 3.05) is 18.6 Å². The highest BCUT2D eigenvalue weighted by Gasteiger charge is 2.20. The molecule has 0 bridgehead atoms. The summed E-state index contributed by atoms with van der Waals surface area (Å²) in [6.07, 6.45) is 7.16. The van der Waals surface area contributed by atoms with E-state index in [1.54, 1.807) is 18.7 Å². The van der Waals surface area contributed by atoms with E-state index < -0.39 is 5.60 Å². The van der Waals surface area contributed by atoms with Gasteiger partial charge in [-0.25, -0.2) is 0 Å². The van der Waals surface area contributed by atoms with Crippen molar-refractivity contribution in [3.8, 4) is 0 Å². The first-order chi connectivity index (χ1) is 10.00. The average molecular weight is 307 g/mol. The number of benzene rings is 1. The van der Waals surface area contributed by atoms with Gasteiger partial charge in [-0.15, -0.1) is 0 Å². The standard InChI is InChI=1S/C17H25NO2S/c1-17(20,12-21-2)11-18-16(19)10-13-7-8-14-5-3-4-6-15(14)9-13/h7-9,20H,3-6,10-12H2,1-2H3,(H,18,19)/t17-/m0/s1. The molecule has 1 aromatic carbocycles. The molecule has 4 heteroatoms. The molecule has 0 aromatic heterocycles. The van der Waals surface area contributed by atoms with Gasteiger partial charge in [0.2, 0.25) is 5.91 Å². The fourth-order valence-corrected chi connectivity index (χ4v) is 3.52. The summed E-state index contributed by atoms with van der Waals surface area (Å²) in [5, 5.41) is 12.9. The number of hydrogen-bond donors (Lipinski definition) is 2. The number of fused-ring (bicyclic) bond motifs is 1. The summed E-state index contributed by atoms with van der Waals surface area (Å²) >= 11 is 1.58. The Morgan fingerprint density at radius 1 is 1.33 bits per heavy atom. The molecule has 1 aromatic rings. The van der Waals surface area contributed by atoms with E-state index in [-0.39, 0.29) is 5.91 Å². The van der Waals surface area contributed by atoms with Crippen molar-refractivity contribution in [2.45, 2.75) is 44.6 Å². The second-order valence-electron chi connectivity index (χ2n) is 6.19. The maximum Gasteiger partial charge on any atom is 0.224 e. The van der Waals surface area contributed by atoms with Gasteiger partial charge in [-0.05, 0) is 55.6 Å². The van der Waals surface area contributed by atoms with Crippen LogP contribution in [0.1, 0.15) is 36.5 Å². The third-order valence-electron chi connectivity index (χ3n) is 3.90. The Balaban J connectivity index is 1.88. The second kappa shape index (κ2) is 7.32. The minimum absolute atomic E-state index is 0.0212. The van der Waals surface area contributed by atoms with Crippen molar-refractivity contribution in [1.29, 1.82) is 0 Å². The zero-order valence-electron chi connectivity index (χ0n) is 12.9. The first kappa shape index (κ1) is 16.4. The average Bonchev–Trinajstić information content (AvgIpc) is 2.45. The van der Waals surface area contributed by atoms with Gasteiger partial charge in [0.25, 0.3) is 0 Å². The van der Waals surface area contributed by atoms with Gasteiger partial charge in [0.15, 0.2) is 0 Å². The number of nitrogens with one attached hydrogen (secondary N) is 1. The molecule has 1 atom stereocenters. The van der Waals surface area contributed by atoms with E-state index in [1.807, 2.05) is 6.26 Å². The number of carbonyl (C=O) groups is 1. The number of aryl methyl sites for hydroxylation is 2. The SMILES string of the molecule is CSC[C@@](C)(O)CNC(=O)Cc1ccc2c(c1)CCCC2. The third kappa shape index (κ3) is 5.04. The van der Waals surface area contributed by atoms with Crippen LogP contribution in [0.25, 0.3) is 0 Å². The molecular formula is C17H25NO2S. The van der Waals surface area contributed by atoms with Crippen LogP contribution in [0.5, 0.6) is 0 Å². The summed E-state index contributed by atoms with van der Waals surface area (Å²) in [6, 6.07) is 6.40. The van der Waals surface area contributed by atoms with E-state index in [0.29, 0.717) is 18.7 Å². The van der Waals surface area contributed by atoms with Gasteiger partial charge in [0, 0.05) is 12.3 Å². The minimum atomic E-state index is -0.842. The van der Waals surface area contributed by atoms with Gasteiger partial charge in [-0.3, -0.25) is 4.79 Å². The maximum atomic E-state index is 12.0. The first-order valence-electron chi connectivity index (χ1n) is 7.59. The molecule has 2 N–H and O–H groups in total. The minimum Gasteiger partial charge on any atom is -0.387 e. The van der Waals surface area contributed by atoms with Gasteiger partial charge in [-0.1, -0.05) is 18.2 Å². The third-order valence-corrected chi connectivity index (χ3v) is 4.81. The normalized spacial score (nSPS) is 16.9. The summed E-state index contributed by atoms with van der Waals surface area (Å²) in [6.45, 7) is 2.06. The van der Waals surface area contributed by atoms with E-state index in [1.165, 1.54) is 30.4 Å². The zero-order chi connectivity index (χ0) is 15.3. The summed E-state index contributed by atoms with van der Waals surface area (Å²) < 4.78 is 0. The lowest BCUT2D eigenvalue weighted by atomic mass is 9.90. The molecule has 0 radical (unpaired) electrons. The molecule has 1 aliphatic rings. The monoisotopic (exact) mass is 307 g/mol. The number of carbonyl (C=O) groups excluding carboxylic acids is 1. The highest BCUT2D eigenvalue weighted by molar-refractivity contribution is 7.98. The molecule has 0 saturated carbocycles. The molecule has 2 rings (SSSR count). The van der Waals surface area contributed by atoms with Crippen LogP contribution in [-0.4, -0.2) is 35.2 Å². The Bertz CT molecular complexity index is 500. The highest BCUT2D eigenvalue weighted by atomic mass is 32.2. The molecule has 0 aliphatic heterocycles. The summed E-state index contributed by atoms with van der Waals surface area (Å²) in [7, 11) is 0. The fourth-order valence-electron chi connectivity index (χ4n) is 2.80. The van der Waals surface area contributed by atoms with Crippen LogP contribution >= 0.6 is 11.8 Å². The fraction of sp³-hybridized carbons (Fsp3) is 0.588. The van der Waals surface area contributed by atoms with E-state index in [2.05, 4.69) is 23.5 Å². The second-order valence-corrected chi connectivity index (χ2v) is 7.06. The Morgan fingerprint density at radius 2 is 2.05 bits per heavy atom. The van der Waals surface area contributed by atoms with Crippen molar-refractivity contribution in [3.63, 3.8) is 0 Å². The van der Waals surface area contributed by atoms with Crippen LogP contribution in [0.4, 0.5) is 0 Å². The molecule has 0 unspecified atom stereocenters. The molecule has 0 heterocycles. The van der Waals surface area contributed by atoms with Crippen molar-refractivity contribution >= 4 is 17.7 Å². The predicted molar refractivity (Wildman–Crippen MR) is 88.8 cm³/mol. The van der Waals surface area contributed by atoms with Gasteiger partial charge in [0.1, 0.15) is 0 Å². The topological polar surface area (TPSA) is 49.3 Å². The number of thioether (sulfide) groups is 1. The lowest BCUT2D eigenvalue weighted by Gasteiger charge is -2.22. The largest absolute Gasteiger partial charge is 0.387 e. The van der Waals surface area contributed by atoms with E-state index >= 15 is 0 Å². The number of rotatable bonds is 6. The lowest BCUT2D eigenvalue weighted by molar-refractivity contribution is -0.121. The maximum absolute atomic E-state index is 12.0. The Hall–Kier alpha value is -1.00. The Morgan fingerprint density at radius 3 is 2.76 bits per heavy atom. The van der Waals surface area contributed by atoms with Crippen molar-refractivity contribution < 1.29 is 9.90 Å². The predicted octanol–water partition coefficient (Wildman–Crippen LogP) is 2.34. The molecular weight excluding hydrogens is 282 g/mol. The lowest BCUT2D eigenvalue weighted by Crippen LogP contribution is -2.42. The zero-order valence-corrected chi connectivity index (χ0v) is 13.8. The molecule has 1 aliphatic carbocycles. The summed E-state index contributed by atoms with van der Waals surface area (Å²) in [5.74, 6) is 0.596. The molecule has 3 nitrogen and oxygen atoms in total. The van der Waals surface area contributed by atoms with Gasteiger partial charge >= 0.3 is 0 Å². The molecule has 1 amide bonds. The van der Waals surface area contributed by atoms with Gasteiger partial charge in [0.05, 0.1) is 12.0 Å². The highest BCUT2D eigenvalue weighted by Crippen LogP contribution is 2.22. The van der Waals surface area contributed by atoms with Crippen LogP contribution in [0.2, 0.25) is 0 Å². The van der Waals surface area contributed by atoms with Crippen LogP contribution in [0.15, 0.2) is 18.2 Å². The van der Waals surface area contributed by atoms with E-state index in [0.717, 1.165) is 12.0 Å². The molecule has 116 valence electrons. The van der Waals surface area contributed by atoms with E-state index in [9.17, 15) is 9.90 Å². The molecule has 0 spiro atoms. The molecule has 21 heavy (non-hydrogen) atoms. The summed E-state index contributed by atoms with van der Waals surface area (Å²) in [4.78, 5) is 12.0. The number of hydrogen-bond acceptors (Lipinski definition) is 3. The van der Waals surface area contributed by atoms with Crippen molar-refractivity contribution in [2.24, 2.45) is 0 Å². The van der Waals surface area contributed by atoms with Gasteiger partial charge in [-0.2, -0.15) is 11.8 Å². The van der Waals surface area contributed by atoms with Crippen LogP contribution < -0.4 is 5.32 Å². The van der Waals surface area contributed by atoms with E-state index in [4.69, 9.17) is 0 Å². The Kier molecular flexibility index (Phi) is 5.71. The Labute approximate surface area is 131 Å². The smallest absolute Gasteiger partial charge is 0.224 e. The van der Waals surface area contributed by atoms with Crippen molar-refractivity contribution in [1.82, 2.24) is 5.32 Å². The van der Waals surface area contributed by atoms with Gasteiger partial charge < -0.3 is 10.4 Å². The van der Waals surface area contributed by atoms with Crippen LogP contribution in [-0.2, 0) is 24.1 Å². The molecule has 0 saturated heterocycles. The summed E-state index contributed by atoms with van der Waals surface area (Å²) in [5.41, 5.74) is 3.07. The van der Waals surface area contributed by atoms with Crippen LogP contribution in [0, 0.1) is 0 Å².